The van der Waals surface area contributed by atoms with Crippen molar-refractivity contribution in [3.63, 3.8) is 0 Å². The van der Waals surface area contributed by atoms with Gasteiger partial charge in [0, 0.05) is 11.8 Å². The predicted octanol–water partition coefficient (Wildman–Crippen LogP) is 4.46. The molecule has 3 aromatic rings. The largest absolute Gasteiger partial charge is 0.492 e. The van der Waals surface area contributed by atoms with E-state index in [-0.39, 0.29) is 41.7 Å². The topological polar surface area (TPSA) is 88.4 Å². The molecule has 8 nitrogen and oxygen atoms in total. The number of methoxy groups -OCH3 is 1. The average Bonchev–Trinajstić information content (AvgIpc) is 3.30. The molecule has 0 saturated carbocycles. The number of ether oxygens (including phenoxy) is 3. The Hall–Kier alpha value is -3.12. The summed E-state index contributed by atoms with van der Waals surface area (Å²) in [6.07, 6.45) is 3.31. The third-order valence-electron chi connectivity index (χ3n) is 5.30. The van der Waals surface area contributed by atoms with E-state index < -0.39 is 17.3 Å². The number of imidazole rings is 1. The molecule has 0 spiro atoms. The molecule has 12 heteroatoms. The van der Waals surface area contributed by atoms with Crippen LogP contribution >= 0.6 is 0 Å². The van der Waals surface area contributed by atoms with Crippen molar-refractivity contribution in [2.24, 2.45) is 5.41 Å². The highest BCUT2D eigenvalue weighted by molar-refractivity contribution is 7.95. The van der Waals surface area contributed by atoms with Crippen LogP contribution in [-0.4, -0.2) is 64.1 Å². The Balaban J connectivity index is 1.74. The van der Waals surface area contributed by atoms with Crippen molar-refractivity contribution in [1.82, 2.24) is 19.5 Å². The van der Waals surface area contributed by atoms with E-state index in [2.05, 4.69) is 27.5 Å². The third kappa shape index (κ3) is 7.68. The van der Waals surface area contributed by atoms with Gasteiger partial charge >= 0.3 is 12.1 Å². The van der Waals surface area contributed by atoms with E-state index in [0.717, 1.165) is 17.5 Å². The summed E-state index contributed by atoms with van der Waals surface area (Å²) in [5, 5.41) is 0. The molecule has 0 aliphatic rings. The number of carbonyl (C=O) groups is 1. The number of nitrogens with zero attached hydrogens (tertiary/aromatic N) is 4. The van der Waals surface area contributed by atoms with Crippen LogP contribution in [0, 0.1) is 5.41 Å². The second-order valence-electron chi connectivity index (χ2n) is 9.12. The molecule has 3 rings (SSSR count). The fourth-order valence-corrected chi connectivity index (χ4v) is 3.61. The molecule has 1 aromatic carbocycles. The van der Waals surface area contributed by atoms with Crippen molar-refractivity contribution in [3.8, 4) is 28.5 Å². The first-order valence-electron chi connectivity index (χ1n) is 11.3. The van der Waals surface area contributed by atoms with Crippen LogP contribution in [0.3, 0.4) is 0 Å². The van der Waals surface area contributed by atoms with Crippen molar-refractivity contribution in [1.29, 1.82) is 0 Å². The molecule has 2 heterocycles. The Morgan fingerprint density at radius 3 is 2.27 bits per heavy atom. The number of hydrogen-bond donors (Lipinski definition) is 0. The number of alkyl halides is 3. The van der Waals surface area contributed by atoms with Gasteiger partial charge in [-0.1, -0.05) is 0 Å². The van der Waals surface area contributed by atoms with Crippen molar-refractivity contribution in [2.45, 2.75) is 26.8 Å². The molecular weight excluding hydrogens is 509 g/mol. The van der Waals surface area contributed by atoms with Gasteiger partial charge in [-0.2, -0.15) is 13.2 Å². The second-order valence-corrected chi connectivity index (χ2v) is 11.5. The summed E-state index contributed by atoms with van der Waals surface area (Å²) in [6.45, 7) is 3.95. The van der Waals surface area contributed by atoms with Gasteiger partial charge in [-0.3, -0.25) is 9.78 Å². The fourth-order valence-electron chi connectivity index (χ4n) is 3.16. The number of carbonyl (C=O) groups excluding carboxylic acids is 1. The van der Waals surface area contributed by atoms with Crippen LogP contribution in [0.1, 0.15) is 19.5 Å². The first-order valence-corrected chi connectivity index (χ1v) is 13.5. The summed E-state index contributed by atoms with van der Waals surface area (Å²) in [6, 6.07) is 7.01. The Morgan fingerprint density at radius 1 is 1.05 bits per heavy atom. The number of halogens is 3. The molecule has 0 atom stereocenters. The minimum absolute atomic E-state index is 0.0235. The molecule has 37 heavy (non-hydrogen) atoms. The lowest BCUT2D eigenvalue weighted by molar-refractivity contribution is -0.152. The van der Waals surface area contributed by atoms with Crippen LogP contribution in [0.4, 0.5) is 13.2 Å². The van der Waals surface area contributed by atoms with E-state index in [1.165, 1.54) is 24.1 Å². The second kappa shape index (κ2) is 12.0. The predicted molar refractivity (Wildman–Crippen MR) is 135 cm³/mol. The van der Waals surface area contributed by atoms with Gasteiger partial charge in [0.15, 0.2) is 11.5 Å². The quantitative estimate of drug-likeness (QED) is 0.202. The summed E-state index contributed by atoms with van der Waals surface area (Å²) in [4.78, 5) is 24.2. The maximum atomic E-state index is 13.3. The van der Waals surface area contributed by atoms with Gasteiger partial charge in [-0.25, -0.2) is 9.97 Å². The summed E-state index contributed by atoms with van der Waals surface area (Å²) < 4.78 is 57.2. The van der Waals surface area contributed by atoms with Gasteiger partial charge < -0.3 is 18.8 Å². The van der Waals surface area contributed by atoms with E-state index in [0.29, 0.717) is 18.1 Å². The highest BCUT2D eigenvalue weighted by Gasteiger charge is 2.35. The molecule has 0 aliphatic carbocycles. The van der Waals surface area contributed by atoms with Gasteiger partial charge in [0.05, 0.1) is 49.7 Å². The number of hydrogen-bond acceptors (Lipinski definition) is 7. The first kappa shape index (κ1) is 28.5. The van der Waals surface area contributed by atoms with Crippen LogP contribution in [0.2, 0.25) is 0 Å². The van der Waals surface area contributed by atoms with Crippen LogP contribution in [-0.2, 0) is 38.1 Å². The minimum atomic E-state index is -4.59. The van der Waals surface area contributed by atoms with E-state index in [1.807, 2.05) is 0 Å². The van der Waals surface area contributed by atoms with Crippen LogP contribution in [0.25, 0.3) is 22.8 Å². The van der Waals surface area contributed by atoms with Crippen molar-refractivity contribution in [2.75, 3.05) is 38.6 Å². The number of esters is 1. The minimum Gasteiger partial charge on any atom is -0.492 e. The highest BCUT2D eigenvalue weighted by atomic mass is 32.2. The molecule has 0 fully saturated rings. The Kier molecular flexibility index (Phi) is 9.19. The molecule has 2 aromatic heterocycles. The average molecular weight is 540 g/mol. The summed E-state index contributed by atoms with van der Waals surface area (Å²) in [5.41, 5.74) is -0.372. The van der Waals surface area contributed by atoms with E-state index in [9.17, 15) is 18.0 Å². The maximum absolute atomic E-state index is 13.3. The molecule has 0 radical (unpaired) electrons. The molecule has 200 valence electrons. The zero-order chi connectivity index (χ0) is 27.2. The van der Waals surface area contributed by atoms with Crippen molar-refractivity contribution < 1.29 is 32.2 Å². The Labute approximate surface area is 216 Å². The number of rotatable bonds is 11. The Morgan fingerprint density at radius 2 is 1.70 bits per heavy atom. The normalized spacial score (nSPS) is 12.1. The summed E-state index contributed by atoms with van der Waals surface area (Å²) >= 11 is 0. The van der Waals surface area contributed by atoms with Gasteiger partial charge in [0.1, 0.15) is 30.5 Å². The van der Waals surface area contributed by atoms with E-state index in [4.69, 9.17) is 14.2 Å². The van der Waals surface area contributed by atoms with Gasteiger partial charge in [0.25, 0.3) is 0 Å². The van der Waals surface area contributed by atoms with Crippen LogP contribution in [0.5, 0.6) is 5.75 Å². The molecule has 0 saturated heterocycles. The van der Waals surface area contributed by atoms with E-state index >= 15 is 0 Å². The number of aromatic nitrogens is 4. The third-order valence-corrected chi connectivity index (χ3v) is 6.29. The summed E-state index contributed by atoms with van der Waals surface area (Å²) in [7, 11) is 1.50. The first-order chi connectivity index (χ1) is 17.4. The van der Waals surface area contributed by atoms with E-state index in [1.54, 1.807) is 38.1 Å². The van der Waals surface area contributed by atoms with Crippen molar-refractivity contribution >= 4 is 16.9 Å². The van der Waals surface area contributed by atoms with Gasteiger partial charge in [-0.15, -0.1) is 0 Å². The lowest BCUT2D eigenvalue weighted by atomic mass is 9.95. The number of benzene rings is 1. The van der Waals surface area contributed by atoms with Crippen LogP contribution in [0.15, 0.2) is 42.9 Å². The fraction of sp³-hybridized carbons (Fsp3) is 0.440. The molecule has 0 amide bonds. The highest BCUT2D eigenvalue weighted by Crippen LogP contribution is 2.31. The SMILES string of the molecule is COC(=O)C(C)(C)COc1ccc(-c2cnc(-c3nc(C(F)(F)F)cn3COCC[S+](C)C)cn2)cc1. The zero-order valence-electron chi connectivity index (χ0n) is 21.3. The van der Waals surface area contributed by atoms with Crippen LogP contribution < -0.4 is 4.74 Å². The smallest absolute Gasteiger partial charge is 0.434 e. The van der Waals surface area contributed by atoms with Crippen molar-refractivity contribution in [3.05, 3.63) is 48.5 Å². The van der Waals surface area contributed by atoms with Gasteiger partial charge in [-0.05, 0) is 49.0 Å². The molecule has 0 bridgehead atoms. The molecular formula is C25H30F3N4O4S+. The lowest BCUT2D eigenvalue weighted by Crippen LogP contribution is -2.32. The Bertz CT molecular complexity index is 1180. The lowest BCUT2D eigenvalue weighted by Gasteiger charge is -2.21. The zero-order valence-corrected chi connectivity index (χ0v) is 22.2. The molecule has 0 N–H and O–H groups in total. The monoisotopic (exact) mass is 539 g/mol. The maximum Gasteiger partial charge on any atom is 0.434 e. The standard InChI is InChI=1S/C25H30F3N4O4S/c1-24(2,23(33)34-3)15-36-18-8-6-17(7-9-18)19-12-30-20(13-29-19)22-31-21(25(26,27)28)14-32(22)16-35-10-11-37(4)5/h6-9,12-14H,10-11,15-16H2,1-5H3/q+1. The van der Waals surface area contributed by atoms with Gasteiger partial charge in [0.2, 0.25) is 0 Å². The molecule has 0 aliphatic heterocycles. The summed E-state index contributed by atoms with van der Waals surface area (Å²) in [5.74, 6) is 1.03. The molecule has 0 unspecified atom stereocenters.